The first-order valence-corrected chi connectivity index (χ1v) is 14.4. The van der Waals surface area contributed by atoms with Gasteiger partial charge in [0, 0.05) is 5.41 Å². The average Bonchev–Trinajstić information content (AvgIpc) is 3.26. The molecule has 0 amide bonds. The number of fused-ring (bicyclic) bond motifs is 5. The highest BCUT2D eigenvalue weighted by Gasteiger charge is 2.35. The Hall–Kier alpha value is -4.94. The predicted octanol–water partition coefficient (Wildman–Crippen LogP) is 11.3. The van der Waals surface area contributed by atoms with Crippen molar-refractivity contribution in [1.82, 2.24) is 0 Å². The normalized spacial score (nSPS) is 13.3. The first kappa shape index (κ1) is 23.9. The topological polar surface area (TPSA) is 0 Å². The summed E-state index contributed by atoms with van der Waals surface area (Å²) >= 11 is 0. The largest absolute Gasteiger partial charge is 0.0619 e. The van der Waals surface area contributed by atoms with Crippen molar-refractivity contribution in [3.63, 3.8) is 0 Å². The quantitative estimate of drug-likeness (QED) is 0.216. The summed E-state index contributed by atoms with van der Waals surface area (Å²) in [5, 5.41) is 5.07. The van der Waals surface area contributed by atoms with Crippen LogP contribution in [0.4, 0.5) is 0 Å². The maximum atomic E-state index is 2.41. The first-order valence-electron chi connectivity index (χ1n) is 14.4. The van der Waals surface area contributed by atoms with E-state index in [1.54, 1.807) is 0 Å². The van der Waals surface area contributed by atoms with Crippen molar-refractivity contribution < 1.29 is 0 Å². The Balaban J connectivity index is 1.14. The van der Waals surface area contributed by atoms with Crippen LogP contribution in [-0.2, 0) is 5.41 Å². The van der Waals surface area contributed by atoms with Crippen LogP contribution in [0.5, 0.6) is 0 Å². The average molecular weight is 523 g/mol. The Labute approximate surface area is 241 Å². The van der Waals surface area contributed by atoms with Crippen LogP contribution < -0.4 is 0 Å². The lowest BCUT2D eigenvalue weighted by Crippen LogP contribution is -2.14. The molecule has 0 heteroatoms. The molecule has 0 heterocycles. The Bertz CT molecular complexity index is 2130. The van der Waals surface area contributed by atoms with E-state index in [2.05, 4.69) is 159 Å². The van der Waals surface area contributed by atoms with Gasteiger partial charge in [-0.15, -0.1) is 0 Å². The van der Waals surface area contributed by atoms with Crippen molar-refractivity contribution in [3.05, 3.63) is 157 Å². The van der Waals surface area contributed by atoms with E-state index in [0.717, 1.165) is 0 Å². The molecular formula is C41H30. The minimum Gasteiger partial charge on any atom is -0.0619 e. The molecule has 0 N–H and O–H groups in total. The van der Waals surface area contributed by atoms with Crippen molar-refractivity contribution in [2.75, 3.05) is 0 Å². The molecule has 0 spiro atoms. The second-order valence-corrected chi connectivity index (χ2v) is 11.9. The Morgan fingerprint density at radius 1 is 0.317 bits per heavy atom. The highest BCUT2D eigenvalue weighted by molar-refractivity contribution is 5.93. The maximum Gasteiger partial charge on any atom is 0.0159 e. The van der Waals surface area contributed by atoms with E-state index in [1.165, 1.54) is 77.2 Å². The van der Waals surface area contributed by atoms with E-state index >= 15 is 0 Å². The summed E-state index contributed by atoms with van der Waals surface area (Å²) in [6.45, 7) is 4.69. The van der Waals surface area contributed by atoms with Crippen LogP contribution in [0.2, 0.25) is 0 Å². The molecule has 7 aromatic carbocycles. The van der Waals surface area contributed by atoms with Gasteiger partial charge in [-0.25, -0.2) is 0 Å². The zero-order valence-electron chi connectivity index (χ0n) is 23.4. The van der Waals surface area contributed by atoms with E-state index in [1.807, 2.05) is 0 Å². The molecule has 0 saturated carbocycles. The van der Waals surface area contributed by atoms with Crippen LogP contribution in [0.15, 0.2) is 146 Å². The number of rotatable bonds is 3. The summed E-state index contributed by atoms with van der Waals surface area (Å²) in [6, 6.07) is 53.7. The molecule has 41 heavy (non-hydrogen) atoms. The zero-order chi connectivity index (χ0) is 27.6. The van der Waals surface area contributed by atoms with Crippen LogP contribution in [-0.4, -0.2) is 0 Å². The molecule has 0 aliphatic heterocycles. The van der Waals surface area contributed by atoms with Gasteiger partial charge in [0.25, 0.3) is 0 Å². The molecule has 0 nitrogen and oxygen atoms in total. The van der Waals surface area contributed by atoms with Crippen molar-refractivity contribution >= 4 is 21.5 Å². The molecule has 1 aliphatic carbocycles. The first-order chi connectivity index (χ1) is 20.0. The number of hydrogen-bond acceptors (Lipinski definition) is 0. The van der Waals surface area contributed by atoms with Crippen molar-refractivity contribution in [3.8, 4) is 44.5 Å². The van der Waals surface area contributed by atoms with Crippen LogP contribution >= 0.6 is 0 Å². The minimum absolute atomic E-state index is 0.00357. The zero-order valence-corrected chi connectivity index (χ0v) is 23.4. The predicted molar refractivity (Wildman–Crippen MR) is 175 cm³/mol. The van der Waals surface area contributed by atoms with Gasteiger partial charge in [0.15, 0.2) is 0 Å². The Kier molecular flexibility index (Phi) is 5.27. The molecule has 0 fully saturated rings. The lowest BCUT2D eigenvalue weighted by molar-refractivity contribution is 0.660. The van der Waals surface area contributed by atoms with E-state index in [0.29, 0.717) is 0 Å². The summed E-state index contributed by atoms with van der Waals surface area (Å²) in [5.74, 6) is 0. The van der Waals surface area contributed by atoms with Gasteiger partial charge in [-0.1, -0.05) is 129 Å². The molecule has 0 saturated heterocycles. The molecule has 8 rings (SSSR count). The van der Waals surface area contributed by atoms with Gasteiger partial charge in [-0.05, 0) is 108 Å². The SMILES string of the molecule is CC1(C)c2ccccc2-c2ccc(-c3cccc(-c4ccc5cc(-c6ccc7ccccc7c6)ccc5c4)c3)cc21. The molecule has 0 radical (unpaired) electrons. The second kappa shape index (κ2) is 9.04. The van der Waals surface area contributed by atoms with Gasteiger partial charge in [0.2, 0.25) is 0 Å². The third kappa shape index (κ3) is 3.90. The van der Waals surface area contributed by atoms with E-state index < -0.39 is 0 Å². The Morgan fingerprint density at radius 3 is 1.46 bits per heavy atom. The van der Waals surface area contributed by atoms with E-state index in [-0.39, 0.29) is 5.41 Å². The molecule has 194 valence electrons. The molecular weight excluding hydrogens is 492 g/mol. The fraction of sp³-hybridized carbons (Fsp3) is 0.0732. The third-order valence-corrected chi connectivity index (χ3v) is 9.04. The molecule has 1 aliphatic rings. The smallest absolute Gasteiger partial charge is 0.0159 e. The maximum absolute atomic E-state index is 2.41. The van der Waals surface area contributed by atoms with Crippen molar-refractivity contribution in [2.45, 2.75) is 19.3 Å². The lowest BCUT2D eigenvalue weighted by atomic mass is 9.81. The molecule has 0 bridgehead atoms. The summed E-state index contributed by atoms with van der Waals surface area (Å²) < 4.78 is 0. The summed E-state index contributed by atoms with van der Waals surface area (Å²) in [7, 11) is 0. The monoisotopic (exact) mass is 522 g/mol. The highest BCUT2D eigenvalue weighted by atomic mass is 14.4. The fourth-order valence-electron chi connectivity index (χ4n) is 6.74. The van der Waals surface area contributed by atoms with Crippen LogP contribution in [0, 0.1) is 0 Å². The van der Waals surface area contributed by atoms with E-state index in [4.69, 9.17) is 0 Å². The molecule has 0 aromatic heterocycles. The lowest BCUT2D eigenvalue weighted by Gasteiger charge is -2.22. The summed E-state index contributed by atoms with van der Waals surface area (Å²) in [5.41, 5.74) is 13.1. The van der Waals surface area contributed by atoms with Crippen molar-refractivity contribution in [2.24, 2.45) is 0 Å². The molecule has 0 unspecified atom stereocenters. The minimum atomic E-state index is 0.00357. The fourth-order valence-corrected chi connectivity index (χ4v) is 6.74. The molecule has 0 atom stereocenters. The highest BCUT2D eigenvalue weighted by Crippen LogP contribution is 2.49. The van der Waals surface area contributed by atoms with Crippen LogP contribution in [0.1, 0.15) is 25.0 Å². The van der Waals surface area contributed by atoms with Gasteiger partial charge in [0.05, 0.1) is 0 Å². The van der Waals surface area contributed by atoms with Crippen LogP contribution in [0.3, 0.4) is 0 Å². The van der Waals surface area contributed by atoms with Gasteiger partial charge < -0.3 is 0 Å². The summed E-state index contributed by atoms with van der Waals surface area (Å²) in [4.78, 5) is 0. The van der Waals surface area contributed by atoms with Gasteiger partial charge >= 0.3 is 0 Å². The molecule has 7 aromatic rings. The van der Waals surface area contributed by atoms with Gasteiger partial charge in [-0.2, -0.15) is 0 Å². The number of benzene rings is 7. The Morgan fingerprint density at radius 2 is 0.780 bits per heavy atom. The van der Waals surface area contributed by atoms with Gasteiger partial charge in [0.1, 0.15) is 0 Å². The standard InChI is InChI=1S/C41H30/c1-41(2)39-13-6-5-12-37(39)38-21-20-36(26-40(38)41)30-11-7-10-29(23-30)31-16-17-35-25-34(19-18-33(35)24-31)32-15-14-27-8-3-4-9-28(27)22-32/h3-26H,1-2H3. The number of hydrogen-bond donors (Lipinski definition) is 0. The van der Waals surface area contributed by atoms with Gasteiger partial charge in [-0.3, -0.25) is 0 Å². The summed E-state index contributed by atoms with van der Waals surface area (Å²) in [6.07, 6.45) is 0. The van der Waals surface area contributed by atoms with E-state index in [9.17, 15) is 0 Å². The third-order valence-electron chi connectivity index (χ3n) is 9.04. The van der Waals surface area contributed by atoms with Crippen LogP contribution in [0.25, 0.3) is 66.1 Å². The second-order valence-electron chi connectivity index (χ2n) is 11.9. The van der Waals surface area contributed by atoms with Crippen molar-refractivity contribution in [1.29, 1.82) is 0 Å².